The zero-order chi connectivity index (χ0) is 22.5. The van der Waals surface area contributed by atoms with E-state index in [2.05, 4.69) is 10.6 Å². The Bertz CT molecular complexity index is 1010. The van der Waals surface area contributed by atoms with E-state index in [1.54, 1.807) is 6.07 Å². The maximum Gasteiger partial charge on any atom is 0.325 e. The van der Waals surface area contributed by atoms with Crippen molar-refractivity contribution in [2.45, 2.75) is 13.8 Å². The molecule has 9 heteroatoms. The number of imide groups is 1. The lowest BCUT2D eigenvalue weighted by Crippen LogP contribution is -2.52. The Kier molecular flexibility index (Phi) is 7.25. The van der Waals surface area contributed by atoms with Crippen LogP contribution < -0.4 is 10.6 Å². The van der Waals surface area contributed by atoms with Crippen molar-refractivity contribution in [3.05, 3.63) is 63.9 Å². The van der Waals surface area contributed by atoms with Gasteiger partial charge in [-0.05, 0) is 43.7 Å². The zero-order valence-electron chi connectivity index (χ0n) is 17.4. The van der Waals surface area contributed by atoms with E-state index in [9.17, 15) is 18.8 Å². The second-order valence-electron chi connectivity index (χ2n) is 7.51. The first-order valence-electron chi connectivity index (χ1n) is 9.87. The zero-order valence-corrected chi connectivity index (χ0v) is 18.1. The highest BCUT2D eigenvalue weighted by Crippen LogP contribution is 2.18. The molecule has 2 aromatic rings. The summed E-state index contributed by atoms with van der Waals surface area (Å²) in [6.45, 7) is 5.40. The third-order valence-corrected chi connectivity index (χ3v) is 5.30. The van der Waals surface area contributed by atoms with Crippen molar-refractivity contribution in [2.75, 3.05) is 38.0 Å². The third-order valence-electron chi connectivity index (χ3n) is 5.07. The SMILES string of the molecule is Cc1ccc(NC(=O)NC(=O)CN2CCN(C(=O)c3cc(Cl)ccc3F)CC2)c(C)c1. The van der Waals surface area contributed by atoms with Gasteiger partial charge in [-0.2, -0.15) is 0 Å². The van der Waals surface area contributed by atoms with Gasteiger partial charge in [-0.1, -0.05) is 29.3 Å². The molecule has 0 saturated carbocycles. The number of halogens is 2. The van der Waals surface area contributed by atoms with Crippen LogP contribution in [0.4, 0.5) is 14.9 Å². The number of anilines is 1. The highest BCUT2D eigenvalue weighted by atomic mass is 35.5. The molecule has 7 nitrogen and oxygen atoms in total. The number of hydrogen-bond acceptors (Lipinski definition) is 4. The molecule has 0 unspecified atom stereocenters. The molecule has 0 radical (unpaired) electrons. The van der Waals surface area contributed by atoms with E-state index in [0.717, 1.165) is 11.1 Å². The van der Waals surface area contributed by atoms with Crippen LogP contribution in [0.15, 0.2) is 36.4 Å². The van der Waals surface area contributed by atoms with Gasteiger partial charge in [0.25, 0.3) is 5.91 Å². The number of nitrogens with zero attached hydrogens (tertiary/aromatic N) is 2. The molecule has 1 fully saturated rings. The van der Waals surface area contributed by atoms with E-state index < -0.39 is 23.7 Å². The molecule has 1 aliphatic heterocycles. The first-order valence-corrected chi connectivity index (χ1v) is 10.3. The second kappa shape index (κ2) is 9.89. The summed E-state index contributed by atoms with van der Waals surface area (Å²) in [7, 11) is 0. The van der Waals surface area contributed by atoms with E-state index in [1.807, 2.05) is 30.9 Å². The largest absolute Gasteiger partial charge is 0.336 e. The van der Waals surface area contributed by atoms with Gasteiger partial charge >= 0.3 is 6.03 Å². The molecule has 0 aromatic heterocycles. The Morgan fingerprint density at radius 1 is 1.03 bits per heavy atom. The Hall–Kier alpha value is -2.97. The van der Waals surface area contributed by atoms with E-state index >= 15 is 0 Å². The minimum Gasteiger partial charge on any atom is -0.336 e. The topological polar surface area (TPSA) is 81.8 Å². The molecular formula is C22H24ClFN4O3. The van der Waals surface area contributed by atoms with Gasteiger partial charge in [0.15, 0.2) is 0 Å². The monoisotopic (exact) mass is 446 g/mol. The fraction of sp³-hybridized carbons (Fsp3) is 0.318. The normalized spacial score (nSPS) is 14.3. The van der Waals surface area contributed by atoms with Gasteiger partial charge in [-0.3, -0.25) is 19.8 Å². The number of rotatable bonds is 4. The van der Waals surface area contributed by atoms with E-state index in [1.165, 1.54) is 23.1 Å². The molecule has 0 atom stereocenters. The standard InChI is InChI=1S/C22H24ClFN4O3/c1-14-3-6-19(15(2)11-14)25-22(31)26-20(29)13-27-7-9-28(10-8-27)21(30)17-12-16(23)4-5-18(17)24/h3-6,11-12H,7-10,13H2,1-2H3,(H2,25,26,29,31). The quantitative estimate of drug-likeness (QED) is 0.755. The van der Waals surface area contributed by atoms with Gasteiger partial charge in [-0.15, -0.1) is 0 Å². The van der Waals surface area contributed by atoms with Crippen LogP contribution in [0.25, 0.3) is 0 Å². The number of urea groups is 1. The summed E-state index contributed by atoms with van der Waals surface area (Å²) in [5, 5.41) is 5.27. The molecular weight excluding hydrogens is 423 g/mol. The number of hydrogen-bond donors (Lipinski definition) is 2. The van der Waals surface area contributed by atoms with E-state index in [0.29, 0.717) is 36.9 Å². The second-order valence-corrected chi connectivity index (χ2v) is 7.95. The van der Waals surface area contributed by atoms with Crippen molar-refractivity contribution in [3.8, 4) is 0 Å². The van der Waals surface area contributed by atoms with Crippen molar-refractivity contribution in [2.24, 2.45) is 0 Å². The summed E-state index contributed by atoms with van der Waals surface area (Å²) in [6, 6.07) is 8.87. The third kappa shape index (κ3) is 6.02. The van der Waals surface area contributed by atoms with E-state index in [-0.39, 0.29) is 12.1 Å². The highest BCUT2D eigenvalue weighted by Gasteiger charge is 2.25. The maximum atomic E-state index is 13.9. The number of amides is 4. The van der Waals surface area contributed by atoms with Crippen molar-refractivity contribution < 1.29 is 18.8 Å². The fourth-order valence-electron chi connectivity index (χ4n) is 3.42. The Balaban J connectivity index is 1.47. The number of carbonyl (C=O) groups excluding carboxylic acids is 3. The molecule has 31 heavy (non-hydrogen) atoms. The first-order chi connectivity index (χ1) is 14.7. The molecule has 4 amide bonds. The minimum atomic E-state index is -0.619. The first kappa shape index (κ1) is 22.7. The van der Waals surface area contributed by atoms with Gasteiger partial charge < -0.3 is 10.2 Å². The highest BCUT2D eigenvalue weighted by molar-refractivity contribution is 6.31. The smallest absolute Gasteiger partial charge is 0.325 e. The number of benzene rings is 2. The summed E-state index contributed by atoms with van der Waals surface area (Å²) in [6.07, 6.45) is 0. The average Bonchev–Trinajstić information content (AvgIpc) is 2.72. The van der Waals surface area contributed by atoms with Crippen LogP contribution in [-0.4, -0.2) is 60.4 Å². The number of carbonyl (C=O) groups is 3. The van der Waals surface area contributed by atoms with Crippen LogP contribution in [0, 0.1) is 19.7 Å². The van der Waals surface area contributed by atoms with Gasteiger partial charge in [0.2, 0.25) is 5.91 Å². The van der Waals surface area contributed by atoms with Crippen LogP contribution >= 0.6 is 11.6 Å². The summed E-state index contributed by atoms with van der Waals surface area (Å²) >= 11 is 5.87. The van der Waals surface area contributed by atoms with Gasteiger partial charge in [0.1, 0.15) is 5.82 Å². The molecule has 1 aliphatic rings. The minimum absolute atomic E-state index is 0.0217. The van der Waals surface area contributed by atoms with Crippen molar-refractivity contribution in [1.29, 1.82) is 0 Å². The van der Waals surface area contributed by atoms with Crippen LogP contribution in [0.1, 0.15) is 21.5 Å². The predicted octanol–water partition coefficient (Wildman–Crippen LogP) is 3.20. The summed E-state index contributed by atoms with van der Waals surface area (Å²) in [5.74, 6) is -1.49. The van der Waals surface area contributed by atoms with Gasteiger partial charge in [-0.25, -0.2) is 9.18 Å². The summed E-state index contributed by atoms with van der Waals surface area (Å²) in [4.78, 5) is 40.2. The average molecular weight is 447 g/mol. The predicted molar refractivity (Wildman–Crippen MR) is 117 cm³/mol. The molecule has 2 aromatic carbocycles. The lowest BCUT2D eigenvalue weighted by Gasteiger charge is -2.34. The number of nitrogens with one attached hydrogen (secondary N) is 2. The van der Waals surface area contributed by atoms with Crippen molar-refractivity contribution in [3.63, 3.8) is 0 Å². The van der Waals surface area contributed by atoms with Crippen molar-refractivity contribution >= 4 is 35.1 Å². The summed E-state index contributed by atoms with van der Waals surface area (Å²) in [5.41, 5.74) is 2.55. The van der Waals surface area contributed by atoms with Crippen LogP contribution in [0.5, 0.6) is 0 Å². The number of aryl methyl sites for hydroxylation is 2. The molecule has 0 aliphatic carbocycles. The molecule has 0 spiro atoms. The molecule has 3 rings (SSSR count). The van der Waals surface area contributed by atoms with Crippen molar-refractivity contribution in [1.82, 2.24) is 15.1 Å². The van der Waals surface area contributed by atoms with Gasteiger partial charge in [0.05, 0.1) is 12.1 Å². The Labute approximate surface area is 185 Å². The molecule has 0 bridgehead atoms. The Morgan fingerprint density at radius 3 is 2.42 bits per heavy atom. The van der Waals surface area contributed by atoms with Crippen LogP contribution in [-0.2, 0) is 4.79 Å². The molecule has 1 heterocycles. The molecule has 2 N–H and O–H groups in total. The fourth-order valence-corrected chi connectivity index (χ4v) is 3.59. The Morgan fingerprint density at radius 2 is 1.74 bits per heavy atom. The molecule has 1 saturated heterocycles. The summed E-state index contributed by atoms with van der Waals surface area (Å²) < 4.78 is 13.9. The van der Waals surface area contributed by atoms with Crippen LogP contribution in [0.3, 0.4) is 0 Å². The lowest BCUT2D eigenvalue weighted by atomic mass is 10.1. The van der Waals surface area contributed by atoms with Crippen LogP contribution in [0.2, 0.25) is 5.02 Å². The number of piperazine rings is 1. The maximum absolute atomic E-state index is 13.9. The van der Waals surface area contributed by atoms with E-state index in [4.69, 9.17) is 11.6 Å². The van der Waals surface area contributed by atoms with Gasteiger partial charge in [0, 0.05) is 36.9 Å². The lowest BCUT2D eigenvalue weighted by molar-refractivity contribution is -0.121. The molecule has 164 valence electrons.